The van der Waals surface area contributed by atoms with Gasteiger partial charge in [0.15, 0.2) is 0 Å². The van der Waals surface area contributed by atoms with Crippen molar-refractivity contribution in [1.29, 1.82) is 0 Å². The Hall–Kier alpha value is -1.44. The molecule has 0 spiro atoms. The van der Waals surface area contributed by atoms with Gasteiger partial charge in [-0.15, -0.1) is 0 Å². The minimum atomic E-state index is -3.45. The summed E-state index contributed by atoms with van der Waals surface area (Å²) in [5, 5.41) is 6.02. The average Bonchev–Trinajstić information content (AvgIpc) is 3.23. The topological polar surface area (TPSA) is 87.3 Å². The Morgan fingerprint density at radius 3 is 2.48 bits per heavy atom. The fourth-order valence-corrected chi connectivity index (χ4v) is 2.93. The van der Waals surface area contributed by atoms with Gasteiger partial charge in [0.1, 0.15) is 0 Å². The number of sulfonamides is 1. The molecule has 0 bridgehead atoms. The quantitative estimate of drug-likeness (QED) is 0.670. The highest BCUT2D eigenvalue weighted by Crippen LogP contribution is 2.18. The number of nitrogens with one attached hydrogen (secondary N) is 3. The molecule has 1 saturated carbocycles. The van der Waals surface area contributed by atoms with E-state index in [9.17, 15) is 13.2 Å². The SMILES string of the molecule is CCNS(=O)(=O)c1ccc(NC(=O)CCNC2CC2)cc1. The Kier molecular flexibility index (Phi) is 5.33. The van der Waals surface area contributed by atoms with E-state index in [1.807, 2.05) is 0 Å². The maximum Gasteiger partial charge on any atom is 0.240 e. The van der Waals surface area contributed by atoms with E-state index in [0.29, 0.717) is 31.2 Å². The zero-order chi connectivity index (χ0) is 15.3. The van der Waals surface area contributed by atoms with E-state index in [0.717, 1.165) is 0 Å². The van der Waals surface area contributed by atoms with Crippen LogP contribution in [0.4, 0.5) is 5.69 Å². The second kappa shape index (κ2) is 7.02. The molecule has 0 saturated heterocycles. The van der Waals surface area contributed by atoms with Crippen molar-refractivity contribution >= 4 is 21.6 Å². The second-order valence-electron chi connectivity index (χ2n) is 5.05. The Bertz CT molecular complexity index is 580. The van der Waals surface area contributed by atoms with E-state index >= 15 is 0 Å². The molecule has 0 unspecified atom stereocenters. The molecule has 2 rings (SSSR count). The minimum absolute atomic E-state index is 0.0783. The molecule has 1 amide bonds. The summed E-state index contributed by atoms with van der Waals surface area (Å²) >= 11 is 0. The molecule has 3 N–H and O–H groups in total. The average molecular weight is 311 g/mol. The smallest absolute Gasteiger partial charge is 0.240 e. The molecule has 1 aliphatic carbocycles. The zero-order valence-corrected chi connectivity index (χ0v) is 12.9. The van der Waals surface area contributed by atoms with Gasteiger partial charge in [-0.25, -0.2) is 13.1 Å². The molecule has 0 aliphatic heterocycles. The summed E-state index contributed by atoms with van der Waals surface area (Å²) in [7, 11) is -3.45. The maximum atomic E-state index is 11.8. The highest BCUT2D eigenvalue weighted by molar-refractivity contribution is 7.89. The normalized spacial score (nSPS) is 14.9. The van der Waals surface area contributed by atoms with Crippen LogP contribution in [-0.2, 0) is 14.8 Å². The highest BCUT2D eigenvalue weighted by atomic mass is 32.2. The predicted molar refractivity (Wildman–Crippen MR) is 81.6 cm³/mol. The third-order valence-electron chi connectivity index (χ3n) is 3.15. The van der Waals surface area contributed by atoms with Crippen molar-refractivity contribution in [2.75, 3.05) is 18.4 Å². The van der Waals surface area contributed by atoms with Crippen molar-refractivity contribution in [1.82, 2.24) is 10.0 Å². The van der Waals surface area contributed by atoms with Gasteiger partial charge in [-0.2, -0.15) is 0 Å². The summed E-state index contributed by atoms with van der Waals surface area (Å²) in [5.41, 5.74) is 0.599. The molecule has 6 nitrogen and oxygen atoms in total. The standard InChI is InChI=1S/C14H21N3O3S/c1-2-16-21(19,20)13-7-5-12(6-8-13)17-14(18)9-10-15-11-3-4-11/h5-8,11,15-16H,2-4,9-10H2,1H3,(H,17,18). The molecule has 0 radical (unpaired) electrons. The van der Waals surface area contributed by atoms with Gasteiger partial charge in [-0.1, -0.05) is 6.92 Å². The summed E-state index contributed by atoms with van der Waals surface area (Å²) < 4.78 is 26.0. The summed E-state index contributed by atoms with van der Waals surface area (Å²) in [4.78, 5) is 11.9. The molecule has 1 fully saturated rings. The van der Waals surface area contributed by atoms with Gasteiger partial charge in [0.2, 0.25) is 15.9 Å². The minimum Gasteiger partial charge on any atom is -0.326 e. The van der Waals surface area contributed by atoms with Crippen LogP contribution >= 0.6 is 0 Å². The van der Waals surface area contributed by atoms with Gasteiger partial charge < -0.3 is 10.6 Å². The number of carbonyl (C=O) groups excluding carboxylic acids is 1. The Morgan fingerprint density at radius 2 is 1.90 bits per heavy atom. The van der Waals surface area contributed by atoms with Crippen LogP contribution in [0.1, 0.15) is 26.2 Å². The van der Waals surface area contributed by atoms with Crippen molar-refractivity contribution in [2.45, 2.75) is 37.1 Å². The zero-order valence-electron chi connectivity index (χ0n) is 12.1. The van der Waals surface area contributed by atoms with E-state index in [1.54, 1.807) is 19.1 Å². The van der Waals surface area contributed by atoms with Gasteiger partial charge >= 0.3 is 0 Å². The van der Waals surface area contributed by atoms with Gasteiger partial charge in [-0.3, -0.25) is 4.79 Å². The number of carbonyl (C=O) groups is 1. The first-order valence-electron chi connectivity index (χ1n) is 7.14. The first-order chi connectivity index (χ1) is 10.0. The highest BCUT2D eigenvalue weighted by Gasteiger charge is 2.20. The van der Waals surface area contributed by atoms with Crippen LogP contribution < -0.4 is 15.4 Å². The molecule has 116 valence electrons. The first kappa shape index (κ1) is 15.9. The molecule has 1 aromatic carbocycles. The van der Waals surface area contributed by atoms with Crippen LogP contribution in [0.25, 0.3) is 0 Å². The number of benzene rings is 1. The van der Waals surface area contributed by atoms with Crippen LogP contribution in [0.2, 0.25) is 0 Å². The number of anilines is 1. The summed E-state index contributed by atoms with van der Waals surface area (Å²) in [6.07, 6.45) is 2.81. The summed E-state index contributed by atoms with van der Waals surface area (Å²) in [5.74, 6) is -0.0783. The lowest BCUT2D eigenvalue weighted by Gasteiger charge is -2.08. The van der Waals surface area contributed by atoms with E-state index in [1.165, 1.54) is 25.0 Å². The van der Waals surface area contributed by atoms with E-state index in [-0.39, 0.29) is 10.8 Å². The molecule has 1 aliphatic rings. The van der Waals surface area contributed by atoms with Gasteiger partial charge in [-0.05, 0) is 37.1 Å². The molecule has 7 heteroatoms. The van der Waals surface area contributed by atoms with E-state index < -0.39 is 10.0 Å². The predicted octanol–water partition coefficient (Wildman–Crippen LogP) is 1.07. The van der Waals surface area contributed by atoms with Crippen LogP contribution in [0.3, 0.4) is 0 Å². The van der Waals surface area contributed by atoms with Crippen molar-refractivity contribution in [3.63, 3.8) is 0 Å². The number of rotatable bonds is 8. The molecular weight excluding hydrogens is 290 g/mol. The largest absolute Gasteiger partial charge is 0.326 e. The molecular formula is C14H21N3O3S. The van der Waals surface area contributed by atoms with Crippen LogP contribution in [0.15, 0.2) is 29.2 Å². The summed E-state index contributed by atoms with van der Waals surface area (Å²) in [6.45, 7) is 2.74. The lowest BCUT2D eigenvalue weighted by atomic mass is 10.3. The third-order valence-corrected chi connectivity index (χ3v) is 4.71. The monoisotopic (exact) mass is 311 g/mol. The van der Waals surface area contributed by atoms with Crippen molar-refractivity contribution in [2.24, 2.45) is 0 Å². The van der Waals surface area contributed by atoms with Crippen LogP contribution in [0, 0.1) is 0 Å². The van der Waals surface area contributed by atoms with Crippen LogP contribution in [0.5, 0.6) is 0 Å². The van der Waals surface area contributed by atoms with Gasteiger partial charge in [0.05, 0.1) is 4.90 Å². The maximum absolute atomic E-state index is 11.8. The second-order valence-corrected chi connectivity index (χ2v) is 6.82. The number of amides is 1. The molecule has 0 atom stereocenters. The van der Waals surface area contributed by atoms with Gasteiger partial charge in [0.25, 0.3) is 0 Å². The van der Waals surface area contributed by atoms with E-state index in [2.05, 4.69) is 15.4 Å². The van der Waals surface area contributed by atoms with Crippen molar-refractivity contribution < 1.29 is 13.2 Å². The van der Waals surface area contributed by atoms with Gasteiger partial charge in [0, 0.05) is 31.2 Å². The Labute approximate surface area is 125 Å². The lowest BCUT2D eigenvalue weighted by molar-refractivity contribution is -0.116. The van der Waals surface area contributed by atoms with Crippen molar-refractivity contribution in [3.05, 3.63) is 24.3 Å². The van der Waals surface area contributed by atoms with Crippen molar-refractivity contribution in [3.8, 4) is 0 Å². The molecule has 0 heterocycles. The Balaban J connectivity index is 1.85. The molecule has 1 aromatic rings. The molecule has 21 heavy (non-hydrogen) atoms. The number of hydrogen-bond acceptors (Lipinski definition) is 4. The fraction of sp³-hybridized carbons (Fsp3) is 0.500. The van der Waals surface area contributed by atoms with E-state index in [4.69, 9.17) is 0 Å². The number of hydrogen-bond donors (Lipinski definition) is 3. The first-order valence-corrected chi connectivity index (χ1v) is 8.62. The fourth-order valence-electron chi connectivity index (χ4n) is 1.89. The summed E-state index contributed by atoms with van der Waals surface area (Å²) in [6, 6.07) is 6.74. The van der Waals surface area contributed by atoms with Crippen LogP contribution in [-0.4, -0.2) is 33.5 Å². The molecule has 0 aromatic heterocycles. The third kappa shape index (κ3) is 5.11. The lowest BCUT2D eigenvalue weighted by Crippen LogP contribution is -2.24. The Morgan fingerprint density at radius 1 is 1.24 bits per heavy atom.